The van der Waals surface area contributed by atoms with Crippen LogP contribution in [0.4, 0.5) is 0 Å². The number of rotatable bonds is 65. The van der Waals surface area contributed by atoms with Crippen molar-refractivity contribution in [2.24, 2.45) is 11.8 Å². The van der Waals surface area contributed by atoms with Crippen molar-refractivity contribution >= 4 is 39.5 Å². The second kappa shape index (κ2) is 58.4. The SMILES string of the molecule is CCCCCCCCCCCCCCCC(=O)O[C@H](COC(=O)CCCCCCCCCCCC(C)C)COP(=O)(O)OC[C@@H](O)COP(=O)(O)OC[C@@H](COC(=O)CCCCCCCCCC)OC(=O)CCCCCCCCCCC(C)CC. The van der Waals surface area contributed by atoms with Gasteiger partial charge in [0.2, 0.25) is 0 Å². The number of carbonyl (C=O) groups is 4. The summed E-state index contributed by atoms with van der Waals surface area (Å²) in [6.45, 7) is 9.47. The molecule has 0 rings (SSSR count). The summed E-state index contributed by atoms with van der Waals surface area (Å²) >= 11 is 0. The maximum atomic E-state index is 13.0. The summed E-state index contributed by atoms with van der Waals surface area (Å²) in [5.41, 5.74) is 0. The molecule has 6 atom stereocenters. The lowest BCUT2D eigenvalue weighted by Crippen LogP contribution is -2.30. The van der Waals surface area contributed by atoms with Crippen LogP contribution in [0.5, 0.6) is 0 Å². The largest absolute Gasteiger partial charge is 0.472 e. The summed E-state index contributed by atoms with van der Waals surface area (Å²) in [5.74, 6) is -0.619. The summed E-state index contributed by atoms with van der Waals surface area (Å²) < 4.78 is 68.1. The van der Waals surface area contributed by atoms with Gasteiger partial charge in [-0.1, -0.05) is 279 Å². The third kappa shape index (κ3) is 59.5. The highest BCUT2D eigenvalue weighted by Crippen LogP contribution is 2.45. The fourth-order valence-electron chi connectivity index (χ4n) is 9.85. The van der Waals surface area contributed by atoms with Crippen LogP contribution in [0.3, 0.4) is 0 Å². The Labute approximate surface area is 517 Å². The zero-order valence-corrected chi connectivity index (χ0v) is 56.7. The molecule has 3 N–H and O–H groups in total. The average Bonchev–Trinajstić information content (AvgIpc) is 3.54. The van der Waals surface area contributed by atoms with Gasteiger partial charge in [-0.25, -0.2) is 9.13 Å². The summed E-state index contributed by atoms with van der Waals surface area (Å²) in [6.07, 6.45) is 41.6. The van der Waals surface area contributed by atoms with E-state index < -0.39 is 97.5 Å². The first kappa shape index (κ1) is 83.1. The van der Waals surface area contributed by atoms with Crippen molar-refractivity contribution in [2.75, 3.05) is 39.6 Å². The zero-order valence-electron chi connectivity index (χ0n) is 54.9. The fourth-order valence-corrected chi connectivity index (χ4v) is 11.4. The molecule has 85 heavy (non-hydrogen) atoms. The average molecular weight is 1260 g/mol. The molecule has 0 radical (unpaired) electrons. The lowest BCUT2D eigenvalue weighted by atomic mass is 9.99. The Morgan fingerprint density at radius 1 is 0.341 bits per heavy atom. The van der Waals surface area contributed by atoms with Crippen molar-refractivity contribution in [2.45, 2.75) is 349 Å². The predicted molar refractivity (Wildman–Crippen MR) is 340 cm³/mol. The molecule has 0 saturated heterocycles. The van der Waals surface area contributed by atoms with Crippen molar-refractivity contribution in [3.8, 4) is 0 Å². The third-order valence-corrected chi connectivity index (χ3v) is 17.5. The van der Waals surface area contributed by atoms with Gasteiger partial charge in [-0.2, -0.15) is 0 Å². The van der Waals surface area contributed by atoms with Crippen LogP contribution in [0, 0.1) is 11.8 Å². The van der Waals surface area contributed by atoms with Crippen molar-refractivity contribution in [3.05, 3.63) is 0 Å². The van der Waals surface area contributed by atoms with Gasteiger partial charge in [0.1, 0.15) is 19.3 Å². The van der Waals surface area contributed by atoms with E-state index in [1.165, 1.54) is 141 Å². The smallest absolute Gasteiger partial charge is 0.462 e. The number of ether oxygens (including phenoxy) is 4. The van der Waals surface area contributed by atoms with Crippen molar-refractivity contribution in [1.82, 2.24) is 0 Å². The molecule has 19 heteroatoms. The number of hydrogen-bond acceptors (Lipinski definition) is 15. The number of unbranched alkanes of at least 4 members (excludes halogenated alkanes) is 34. The second-order valence-electron chi connectivity index (χ2n) is 24.6. The highest BCUT2D eigenvalue weighted by molar-refractivity contribution is 7.47. The number of aliphatic hydroxyl groups excluding tert-OH is 1. The molecule has 0 aliphatic heterocycles. The normalized spacial score (nSPS) is 14.6. The number of phosphoric ester groups is 2. The Morgan fingerprint density at radius 2 is 0.600 bits per heavy atom. The molecule has 0 bridgehead atoms. The maximum absolute atomic E-state index is 13.0. The number of carbonyl (C=O) groups excluding carboxylic acids is 4. The molecule has 0 amide bonds. The van der Waals surface area contributed by atoms with Gasteiger partial charge in [0.15, 0.2) is 12.2 Å². The van der Waals surface area contributed by atoms with Crippen LogP contribution in [-0.2, 0) is 65.4 Å². The summed E-state index contributed by atoms with van der Waals surface area (Å²) in [5, 5.41) is 10.5. The Balaban J connectivity index is 5.24. The van der Waals surface area contributed by atoms with Crippen molar-refractivity contribution in [3.63, 3.8) is 0 Å². The van der Waals surface area contributed by atoms with Gasteiger partial charge in [-0.15, -0.1) is 0 Å². The van der Waals surface area contributed by atoms with Gasteiger partial charge in [0.25, 0.3) is 0 Å². The molecule has 17 nitrogen and oxygen atoms in total. The van der Waals surface area contributed by atoms with E-state index in [1.807, 2.05) is 0 Å². The van der Waals surface area contributed by atoms with E-state index in [0.717, 1.165) is 108 Å². The minimum absolute atomic E-state index is 0.105. The Morgan fingerprint density at radius 3 is 0.894 bits per heavy atom. The highest BCUT2D eigenvalue weighted by atomic mass is 31.2. The summed E-state index contributed by atoms with van der Waals surface area (Å²) in [6, 6.07) is 0. The quantitative estimate of drug-likeness (QED) is 0.0222. The molecule has 0 aromatic heterocycles. The minimum atomic E-state index is -4.95. The Kier molecular flexibility index (Phi) is 57.1. The molecule has 3 unspecified atom stereocenters. The van der Waals surface area contributed by atoms with Crippen molar-refractivity contribution < 1.29 is 80.2 Å². The van der Waals surface area contributed by atoms with E-state index in [2.05, 4.69) is 41.5 Å². The predicted octanol–water partition coefficient (Wildman–Crippen LogP) is 18.4. The van der Waals surface area contributed by atoms with Crippen LogP contribution in [-0.4, -0.2) is 96.7 Å². The van der Waals surface area contributed by atoms with Crippen molar-refractivity contribution in [1.29, 1.82) is 0 Å². The van der Waals surface area contributed by atoms with Gasteiger partial charge in [0.05, 0.1) is 26.4 Å². The van der Waals surface area contributed by atoms with Crippen LogP contribution >= 0.6 is 15.6 Å². The molecular weight excluding hydrogens is 1130 g/mol. The first-order valence-corrected chi connectivity index (χ1v) is 37.5. The van der Waals surface area contributed by atoms with Gasteiger partial charge in [0, 0.05) is 25.7 Å². The van der Waals surface area contributed by atoms with E-state index in [9.17, 15) is 43.2 Å². The molecule has 0 heterocycles. The molecule has 0 spiro atoms. The van der Waals surface area contributed by atoms with E-state index in [-0.39, 0.29) is 25.7 Å². The maximum Gasteiger partial charge on any atom is 0.472 e. The Bertz CT molecular complexity index is 1670. The summed E-state index contributed by atoms with van der Waals surface area (Å²) in [7, 11) is -9.89. The van der Waals surface area contributed by atoms with Crippen LogP contribution < -0.4 is 0 Å². The lowest BCUT2D eigenvalue weighted by Gasteiger charge is -2.21. The number of aliphatic hydroxyl groups is 1. The first-order chi connectivity index (χ1) is 40.9. The van der Waals surface area contributed by atoms with Gasteiger partial charge in [-0.3, -0.25) is 37.3 Å². The third-order valence-electron chi connectivity index (χ3n) is 15.6. The van der Waals surface area contributed by atoms with Crippen LogP contribution in [0.25, 0.3) is 0 Å². The lowest BCUT2D eigenvalue weighted by molar-refractivity contribution is -0.161. The van der Waals surface area contributed by atoms with E-state index in [4.69, 9.17) is 37.0 Å². The standard InChI is InChI=1S/C66H128O17P2/c1-7-10-12-14-16-18-19-20-21-24-32-38-44-50-65(70)82-62(55-77-64(69)49-43-37-31-25-22-23-28-34-40-46-58(4)5)57-81-85(74,75)79-53-60(67)52-78-84(72,73)80-56-61(54-76-63(68)48-42-36-30-17-15-13-11-8-2)83-66(71)51-45-39-33-27-26-29-35-41-47-59(6)9-3/h58-62,67H,7-57H2,1-6H3,(H,72,73)(H,74,75)/t59?,60-,61+,62+/m0/s1. The molecule has 0 saturated carbocycles. The minimum Gasteiger partial charge on any atom is -0.462 e. The topological polar surface area (TPSA) is 237 Å². The summed E-state index contributed by atoms with van der Waals surface area (Å²) in [4.78, 5) is 72.3. The number of esters is 4. The molecule has 0 aromatic carbocycles. The molecule has 0 fully saturated rings. The van der Waals surface area contributed by atoms with Gasteiger partial charge in [-0.05, 0) is 37.5 Å². The molecule has 0 aromatic rings. The highest BCUT2D eigenvalue weighted by Gasteiger charge is 2.30. The van der Waals surface area contributed by atoms with Crippen LogP contribution in [0.2, 0.25) is 0 Å². The number of phosphoric acid groups is 2. The molecule has 0 aliphatic rings. The molecular formula is C66H128O17P2. The fraction of sp³-hybridized carbons (Fsp3) is 0.939. The van der Waals surface area contributed by atoms with Gasteiger partial charge < -0.3 is 33.8 Å². The molecule has 0 aliphatic carbocycles. The first-order valence-electron chi connectivity index (χ1n) is 34.5. The van der Waals surface area contributed by atoms with Gasteiger partial charge >= 0.3 is 39.5 Å². The van der Waals surface area contributed by atoms with E-state index in [1.54, 1.807) is 0 Å². The van der Waals surface area contributed by atoms with Crippen LogP contribution in [0.15, 0.2) is 0 Å². The second-order valence-corrected chi connectivity index (χ2v) is 27.5. The van der Waals surface area contributed by atoms with Crippen LogP contribution in [0.1, 0.15) is 330 Å². The zero-order chi connectivity index (χ0) is 62.9. The van der Waals surface area contributed by atoms with E-state index in [0.29, 0.717) is 25.7 Å². The number of hydrogen-bond donors (Lipinski definition) is 3. The monoisotopic (exact) mass is 1250 g/mol. The molecule has 504 valence electrons. The Hall–Kier alpha value is -1.94. The van der Waals surface area contributed by atoms with E-state index >= 15 is 0 Å².